The molecular weight excluding hydrogens is 328 g/mol. The lowest BCUT2D eigenvalue weighted by Crippen LogP contribution is -2.56. The number of hydrogen-bond donors (Lipinski definition) is 4. The molecule has 0 radical (unpaired) electrons. The minimum Gasteiger partial charge on any atom is -0.511 e. The van der Waals surface area contributed by atoms with E-state index in [1.54, 1.807) is 0 Å². The van der Waals surface area contributed by atoms with E-state index in [2.05, 4.69) is 27.7 Å². The topological polar surface area (TPSA) is 107 Å². The van der Waals surface area contributed by atoms with E-state index in [1.165, 1.54) is 0 Å². The highest BCUT2D eigenvalue weighted by Gasteiger charge is 2.58. The van der Waals surface area contributed by atoms with Crippen molar-refractivity contribution in [1.82, 2.24) is 0 Å². The summed E-state index contributed by atoms with van der Waals surface area (Å²) < 4.78 is 0. The van der Waals surface area contributed by atoms with Gasteiger partial charge in [0.05, 0.1) is 17.2 Å². The average molecular weight is 367 g/mol. The number of nitrogens with one attached hydrogen (secondary N) is 1. The Morgan fingerprint density at radius 1 is 1.15 bits per heavy atom. The lowest BCUT2D eigenvalue weighted by atomic mass is 9.77. The number of aliphatic hydroxyl groups is 2. The second kappa shape index (κ2) is 9.14. The number of hydrogen-bond acceptors (Lipinski definition) is 5. The zero-order valence-electron chi connectivity index (χ0n) is 17.3. The van der Waals surface area contributed by atoms with Crippen LogP contribution >= 0.6 is 0 Å². The molecule has 1 aliphatic carbocycles. The lowest BCUT2D eigenvalue weighted by molar-refractivity contribution is -0.123. The van der Waals surface area contributed by atoms with E-state index in [0.29, 0.717) is 31.1 Å². The van der Waals surface area contributed by atoms with Crippen molar-refractivity contribution in [3.63, 3.8) is 0 Å². The molecule has 4 atom stereocenters. The molecule has 2 unspecified atom stereocenters. The highest BCUT2D eigenvalue weighted by atomic mass is 16.3. The first-order valence-corrected chi connectivity index (χ1v) is 10.0. The minimum absolute atomic E-state index is 0.00407. The smallest absolute Gasteiger partial charge is 0.174 e. The van der Waals surface area contributed by atoms with Gasteiger partial charge in [-0.1, -0.05) is 48.0 Å². The molecule has 0 amide bonds. The Kier molecular flexibility index (Phi) is 8.03. The molecule has 1 fully saturated rings. The van der Waals surface area contributed by atoms with Crippen LogP contribution in [0.2, 0.25) is 0 Å². The van der Waals surface area contributed by atoms with Gasteiger partial charge in [0, 0.05) is 12.0 Å². The van der Waals surface area contributed by atoms with Crippen molar-refractivity contribution < 1.29 is 15.0 Å². The molecule has 1 aliphatic rings. The summed E-state index contributed by atoms with van der Waals surface area (Å²) in [4.78, 5) is 13.1. The molecular formula is C21H38N2O3. The SMILES string of the molecule is CCC(C)C(O)=C1C(=N)[C@@](O)(C(N)CCC(C)C)[C@@H](CCC(C)C)C1=O. The number of carbonyl (C=O) groups excluding carboxylic acids is 1. The van der Waals surface area contributed by atoms with E-state index >= 15 is 0 Å². The number of nitrogens with two attached hydrogens (primary N) is 1. The van der Waals surface area contributed by atoms with Crippen molar-refractivity contribution in [2.24, 2.45) is 29.4 Å². The lowest BCUT2D eigenvalue weighted by Gasteiger charge is -2.35. The fourth-order valence-electron chi connectivity index (χ4n) is 3.59. The van der Waals surface area contributed by atoms with Crippen molar-refractivity contribution in [2.45, 2.75) is 85.3 Å². The van der Waals surface area contributed by atoms with Crippen LogP contribution in [-0.4, -0.2) is 33.4 Å². The van der Waals surface area contributed by atoms with Gasteiger partial charge in [-0.05, 0) is 37.5 Å². The van der Waals surface area contributed by atoms with E-state index in [4.69, 9.17) is 11.1 Å². The average Bonchev–Trinajstić information content (AvgIpc) is 2.76. The van der Waals surface area contributed by atoms with Crippen molar-refractivity contribution >= 4 is 11.5 Å². The van der Waals surface area contributed by atoms with E-state index in [-0.39, 0.29) is 28.7 Å². The van der Waals surface area contributed by atoms with Gasteiger partial charge in [-0.3, -0.25) is 4.79 Å². The minimum atomic E-state index is -1.70. The van der Waals surface area contributed by atoms with Crippen LogP contribution in [0.4, 0.5) is 0 Å². The first kappa shape index (κ1) is 22.8. The van der Waals surface area contributed by atoms with Gasteiger partial charge in [-0.25, -0.2) is 0 Å². The highest BCUT2D eigenvalue weighted by Crippen LogP contribution is 2.42. The molecule has 1 saturated carbocycles. The zero-order valence-corrected chi connectivity index (χ0v) is 17.3. The molecule has 0 spiro atoms. The number of rotatable bonds is 9. The Balaban J connectivity index is 3.33. The molecule has 0 aromatic carbocycles. The summed E-state index contributed by atoms with van der Waals surface area (Å²) in [6.45, 7) is 12.0. The van der Waals surface area contributed by atoms with E-state index < -0.39 is 17.6 Å². The first-order valence-electron chi connectivity index (χ1n) is 10.0. The second-order valence-electron chi connectivity index (χ2n) is 8.74. The normalized spacial score (nSPS) is 28.2. The van der Waals surface area contributed by atoms with Gasteiger partial charge in [0.1, 0.15) is 11.4 Å². The molecule has 0 heterocycles. The van der Waals surface area contributed by atoms with E-state index in [1.807, 2.05) is 13.8 Å². The monoisotopic (exact) mass is 366 g/mol. The molecule has 26 heavy (non-hydrogen) atoms. The summed E-state index contributed by atoms with van der Waals surface area (Å²) >= 11 is 0. The van der Waals surface area contributed by atoms with Crippen LogP contribution < -0.4 is 5.73 Å². The van der Waals surface area contributed by atoms with Gasteiger partial charge < -0.3 is 21.4 Å². The maximum Gasteiger partial charge on any atom is 0.174 e. The van der Waals surface area contributed by atoms with Gasteiger partial charge in [0.15, 0.2) is 5.78 Å². The van der Waals surface area contributed by atoms with Crippen LogP contribution in [0, 0.1) is 29.1 Å². The predicted octanol–water partition coefficient (Wildman–Crippen LogP) is 3.99. The summed E-state index contributed by atoms with van der Waals surface area (Å²) in [7, 11) is 0. The molecule has 150 valence electrons. The van der Waals surface area contributed by atoms with Crippen LogP contribution in [-0.2, 0) is 4.79 Å². The Morgan fingerprint density at radius 2 is 1.69 bits per heavy atom. The van der Waals surface area contributed by atoms with Gasteiger partial charge in [-0.15, -0.1) is 0 Å². The van der Waals surface area contributed by atoms with Crippen LogP contribution in [0.5, 0.6) is 0 Å². The largest absolute Gasteiger partial charge is 0.511 e. The van der Waals surface area contributed by atoms with Crippen LogP contribution in [0.25, 0.3) is 0 Å². The molecule has 1 rings (SSSR count). The number of aliphatic hydroxyl groups excluding tert-OH is 1. The third kappa shape index (κ3) is 4.55. The predicted molar refractivity (Wildman–Crippen MR) is 106 cm³/mol. The Labute approximate surface area is 158 Å². The molecule has 0 saturated heterocycles. The summed E-state index contributed by atoms with van der Waals surface area (Å²) in [5.74, 6) is -0.576. The van der Waals surface area contributed by atoms with E-state index in [0.717, 1.165) is 12.8 Å². The number of ketones is 1. The van der Waals surface area contributed by atoms with Crippen molar-refractivity contribution in [3.05, 3.63) is 11.3 Å². The third-order valence-electron chi connectivity index (χ3n) is 5.73. The molecule has 0 aliphatic heterocycles. The number of carbonyl (C=O) groups is 1. The standard InChI is InChI=1S/C21H38N2O3/c1-7-14(6)18(24)17-19(25)15(10-8-12(2)3)21(26,20(17)23)16(22)11-9-13(4)5/h12-16,23-24,26H,7-11,22H2,1-6H3/t14?,15-,16?,21-/m0/s1. The van der Waals surface area contributed by atoms with Gasteiger partial charge >= 0.3 is 0 Å². The van der Waals surface area contributed by atoms with Crippen LogP contribution in [0.15, 0.2) is 11.3 Å². The Hall–Kier alpha value is -1.20. The Morgan fingerprint density at radius 3 is 2.15 bits per heavy atom. The maximum absolute atomic E-state index is 13.1. The zero-order chi connectivity index (χ0) is 20.2. The van der Waals surface area contributed by atoms with E-state index in [9.17, 15) is 15.0 Å². The highest BCUT2D eigenvalue weighted by molar-refractivity contribution is 6.31. The molecule has 5 heteroatoms. The van der Waals surface area contributed by atoms with Crippen molar-refractivity contribution in [2.75, 3.05) is 0 Å². The third-order valence-corrected chi connectivity index (χ3v) is 5.73. The first-order chi connectivity index (χ1) is 12.0. The fourth-order valence-corrected chi connectivity index (χ4v) is 3.59. The van der Waals surface area contributed by atoms with Gasteiger partial charge in [0.25, 0.3) is 0 Å². The molecule has 0 bridgehead atoms. The van der Waals surface area contributed by atoms with Gasteiger partial charge in [0.2, 0.25) is 0 Å². The van der Waals surface area contributed by atoms with Gasteiger partial charge in [-0.2, -0.15) is 0 Å². The molecule has 0 aromatic heterocycles. The molecule has 0 aromatic rings. The second-order valence-corrected chi connectivity index (χ2v) is 8.74. The van der Waals surface area contributed by atoms with Crippen LogP contribution in [0.1, 0.15) is 73.6 Å². The van der Waals surface area contributed by atoms with Crippen molar-refractivity contribution in [1.29, 1.82) is 5.41 Å². The molecule has 5 N–H and O–H groups in total. The quantitative estimate of drug-likeness (QED) is 0.365. The number of allylic oxidation sites excluding steroid dienone is 1. The summed E-state index contributed by atoms with van der Waals surface area (Å²) in [5.41, 5.74) is 4.44. The van der Waals surface area contributed by atoms with Crippen LogP contribution in [0.3, 0.4) is 0 Å². The summed E-state index contributed by atoms with van der Waals surface area (Å²) in [5, 5.41) is 30.5. The maximum atomic E-state index is 13.1. The fraction of sp³-hybridized carbons (Fsp3) is 0.810. The summed E-state index contributed by atoms with van der Waals surface area (Å²) in [6, 6.07) is -0.694. The summed E-state index contributed by atoms with van der Waals surface area (Å²) in [6.07, 6.45) is 3.25. The van der Waals surface area contributed by atoms with Crippen molar-refractivity contribution in [3.8, 4) is 0 Å². The Bertz CT molecular complexity index is 553. The number of Topliss-reactive ketones (excluding diaryl/α,β-unsaturated/α-hetero) is 1. The molecule has 5 nitrogen and oxygen atoms in total.